The number of anilines is 1. The van der Waals surface area contributed by atoms with Crippen molar-refractivity contribution < 1.29 is 23.1 Å². The zero-order valence-corrected chi connectivity index (χ0v) is 16.4. The molecule has 0 radical (unpaired) electrons. The monoisotopic (exact) mass is 395 g/mol. The van der Waals surface area contributed by atoms with Gasteiger partial charge in [-0.15, -0.1) is 0 Å². The number of hydrogen-bond acceptors (Lipinski definition) is 5. The summed E-state index contributed by atoms with van der Waals surface area (Å²) in [7, 11) is -0.802. The number of carboxylic acids is 1. The molecular weight excluding hydrogens is 370 g/mol. The van der Waals surface area contributed by atoms with Crippen molar-refractivity contribution in [3.05, 3.63) is 23.8 Å². The number of carboxylic acid groups (broad SMARTS) is 1. The van der Waals surface area contributed by atoms with Gasteiger partial charge in [0.2, 0.25) is 10.0 Å². The van der Waals surface area contributed by atoms with Crippen molar-refractivity contribution in [2.75, 3.05) is 38.6 Å². The minimum atomic E-state index is -3.68. The van der Waals surface area contributed by atoms with Crippen LogP contribution in [0, 0.1) is 5.41 Å². The first-order valence-electron chi connectivity index (χ1n) is 9.00. The second kappa shape index (κ2) is 7.12. The fourth-order valence-electron chi connectivity index (χ4n) is 3.26. The van der Waals surface area contributed by atoms with Crippen molar-refractivity contribution in [3.63, 3.8) is 0 Å². The van der Waals surface area contributed by atoms with Crippen LogP contribution in [0.2, 0.25) is 0 Å². The molecule has 0 bridgehead atoms. The van der Waals surface area contributed by atoms with Crippen LogP contribution in [0.4, 0.5) is 5.69 Å². The molecule has 1 saturated heterocycles. The van der Waals surface area contributed by atoms with Gasteiger partial charge in [-0.05, 0) is 43.9 Å². The second-order valence-electron chi connectivity index (χ2n) is 7.43. The molecule has 0 aromatic heterocycles. The van der Waals surface area contributed by atoms with E-state index in [2.05, 4.69) is 10.2 Å². The Morgan fingerprint density at radius 3 is 2.37 bits per heavy atom. The number of carbonyl (C=O) groups is 2. The number of amides is 1. The van der Waals surface area contributed by atoms with Crippen molar-refractivity contribution in [2.24, 2.45) is 5.41 Å². The number of rotatable bonds is 7. The van der Waals surface area contributed by atoms with Gasteiger partial charge in [0.1, 0.15) is 0 Å². The molecule has 0 spiro atoms. The Morgan fingerprint density at radius 1 is 1.22 bits per heavy atom. The molecule has 1 aliphatic heterocycles. The van der Waals surface area contributed by atoms with Crippen molar-refractivity contribution in [3.8, 4) is 0 Å². The summed E-state index contributed by atoms with van der Waals surface area (Å²) in [6, 6.07) is 4.57. The van der Waals surface area contributed by atoms with Crippen molar-refractivity contribution >= 4 is 27.6 Å². The highest BCUT2D eigenvalue weighted by Crippen LogP contribution is 2.45. The third kappa shape index (κ3) is 3.79. The van der Waals surface area contributed by atoms with Gasteiger partial charge in [-0.1, -0.05) is 0 Å². The lowest BCUT2D eigenvalue weighted by Crippen LogP contribution is -2.35. The molecule has 148 valence electrons. The van der Waals surface area contributed by atoms with E-state index in [-0.39, 0.29) is 17.0 Å². The molecule has 0 unspecified atom stereocenters. The topological polar surface area (TPSA) is 107 Å². The van der Waals surface area contributed by atoms with Gasteiger partial charge >= 0.3 is 5.97 Å². The standard InChI is InChI=1S/C18H25N3O5S/c1-20(2)27(25,26)13-5-6-15(21-9-3-4-10-21)14(11-13)16(22)19-12-18(7-8-18)17(23)24/h5-6,11H,3-4,7-10,12H2,1-2H3,(H,19,22)(H,23,24). The van der Waals surface area contributed by atoms with E-state index in [1.165, 1.54) is 26.2 Å². The van der Waals surface area contributed by atoms with E-state index in [9.17, 15) is 23.1 Å². The fourth-order valence-corrected chi connectivity index (χ4v) is 4.19. The van der Waals surface area contributed by atoms with Gasteiger partial charge in [0.15, 0.2) is 0 Å². The maximum absolute atomic E-state index is 12.8. The number of sulfonamides is 1. The molecule has 1 aromatic carbocycles. The van der Waals surface area contributed by atoms with Crippen LogP contribution < -0.4 is 10.2 Å². The van der Waals surface area contributed by atoms with Gasteiger partial charge in [0.25, 0.3) is 5.91 Å². The lowest BCUT2D eigenvalue weighted by Gasteiger charge is -2.23. The average Bonchev–Trinajstić information content (AvgIpc) is 3.24. The quantitative estimate of drug-likeness (QED) is 0.717. The molecular formula is C18H25N3O5S. The smallest absolute Gasteiger partial charge is 0.311 e. The van der Waals surface area contributed by atoms with Crippen LogP contribution in [-0.2, 0) is 14.8 Å². The van der Waals surface area contributed by atoms with Crippen LogP contribution in [0.5, 0.6) is 0 Å². The summed E-state index contributed by atoms with van der Waals surface area (Å²) in [5, 5.41) is 12.0. The van der Waals surface area contributed by atoms with Gasteiger partial charge < -0.3 is 15.3 Å². The summed E-state index contributed by atoms with van der Waals surface area (Å²) in [5.41, 5.74) is 0.0699. The molecule has 8 nitrogen and oxygen atoms in total. The number of carbonyl (C=O) groups excluding carboxylic acids is 1. The molecule has 9 heteroatoms. The molecule has 1 saturated carbocycles. The maximum atomic E-state index is 12.8. The number of benzene rings is 1. The van der Waals surface area contributed by atoms with E-state index in [0.717, 1.165) is 30.2 Å². The van der Waals surface area contributed by atoms with Crippen molar-refractivity contribution in [1.29, 1.82) is 0 Å². The lowest BCUT2D eigenvalue weighted by molar-refractivity contribution is -0.143. The number of nitrogens with zero attached hydrogens (tertiary/aromatic N) is 2. The lowest BCUT2D eigenvalue weighted by atomic mass is 10.1. The van der Waals surface area contributed by atoms with E-state index in [0.29, 0.717) is 18.5 Å². The Labute approximate surface area is 159 Å². The normalized spacial score (nSPS) is 18.6. The molecule has 1 aliphatic carbocycles. The SMILES string of the molecule is CN(C)S(=O)(=O)c1ccc(N2CCCC2)c(C(=O)NCC2(C(=O)O)CC2)c1. The molecule has 1 aromatic rings. The number of hydrogen-bond donors (Lipinski definition) is 2. The van der Waals surface area contributed by atoms with Crippen LogP contribution in [-0.4, -0.2) is 63.4 Å². The van der Waals surface area contributed by atoms with E-state index in [4.69, 9.17) is 0 Å². The summed E-state index contributed by atoms with van der Waals surface area (Å²) in [6.07, 6.45) is 3.11. The summed E-state index contributed by atoms with van der Waals surface area (Å²) in [5.74, 6) is -1.35. The highest BCUT2D eigenvalue weighted by molar-refractivity contribution is 7.89. The van der Waals surface area contributed by atoms with E-state index in [1.54, 1.807) is 6.07 Å². The average molecular weight is 395 g/mol. The Bertz CT molecular complexity index is 856. The number of nitrogens with one attached hydrogen (secondary N) is 1. The predicted octanol–water partition coefficient (Wildman–Crippen LogP) is 1.13. The minimum absolute atomic E-state index is 0.0416. The van der Waals surface area contributed by atoms with Gasteiger partial charge in [-0.2, -0.15) is 0 Å². The second-order valence-corrected chi connectivity index (χ2v) is 9.58. The summed E-state index contributed by atoms with van der Waals surface area (Å²) >= 11 is 0. The Kier molecular flexibility index (Phi) is 5.18. The van der Waals surface area contributed by atoms with E-state index < -0.39 is 27.3 Å². The minimum Gasteiger partial charge on any atom is -0.481 e. The highest BCUT2D eigenvalue weighted by Gasteiger charge is 2.50. The highest BCUT2D eigenvalue weighted by atomic mass is 32.2. The van der Waals surface area contributed by atoms with Crippen molar-refractivity contribution in [2.45, 2.75) is 30.6 Å². The summed E-state index contributed by atoms with van der Waals surface area (Å²) in [6.45, 7) is 1.66. The Hall–Kier alpha value is -2.13. The molecule has 2 aliphatic rings. The largest absolute Gasteiger partial charge is 0.481 e. The van der Waals surface area contributed by atoms with Crippen molar-refractivity contribution in [1.82, 2.24) is 9.62 Å². The van der Waals surface area contributed by atoms with E-state index >= 15 is 0 Å². The third-order valence-corrected chi connectivity index (χ3v) is 7.14. The fraction of sp³-hybridized carbons (Fsp3) is 0.556. The first kappa shape index (κ1) is 19.6. The molecule has 3 rings (SSSR count). The summed E-state index contributed by atoms with van der Waals surface area (Å²) in [4.78, 5) is 26.3. The van der Waals surface area contributed by atoms with Gasteiger partial charge in [0.05, 0.1) is 15.9 Å². The maximum Gasteiger partial charge on any atom is 0.311 e. The van der Waals surface area contributed by atoms with Crippen LogP contribution in [0.15, 0.2) is 23.1 Å². The van der Waals surface area contributed by atoms with Gasteiger partial charge in [0, 0.05) is 39.4 Å². The first-order valence-corrected chi connectivity index (χ1v) is 10.4. The molecule has 0 atom stereocenters. The van der Waals surface area contributed by atoms with Crippen LogP contribution in [0.3, 0.4) is 0 Å². The van der Waals surface area contributed by atoms with Crippen LogP contribution in [0.25, 0.3) is 0 Å². The molecule has 27 heavy (non-hydrogen) atoms. The number of aliphatic carboxylic acids is 1. The molecule has 1 amide bonds. The molecule has 2 N–H and O–H groups in total. The van der Waals surface area contributed by atoms with E-state index in [1.807, 2.05) is 0 Å². The predicted molar refractivity (Wildman–Crippen MR) is 100 cm³/mol. The first-order chi connectivity index (χ1) is 12.7. The zero-order valence-electron chi connectivity index (χ0n) is 15.6. The molecule has 1 heterocycles. The van der Waals surface area contributed by atoms with Gasteiger partial charge in [-0.25, -0.2) is 12.7 Å². The Morgan fingerprint density at radius 2 is 1.85 bits per heavy atom. The summed E-state index contributed by atoms with van der Waals surface area (Å²) < 4.78 is 26.0. The zero-order chi connectivity index (χ0) is 19.8. The third-order valence-electron chi connectivity index (χ3n) is 5.33. The van der Waals surface area contributed by atoms with Crippen LogP contribution in [0.1, 0.15) is 36.0 Å². The Balaban J connectivity index is 1.92. The van der Waals surface area contributed by atoms with Crippen LogP contribution >= 0.6 is 0 Å². The van der Waals surface area contributed by atoms with Gasteiger partial charge in [-0.3, -0.25) is 9.59 Å². The molecule has 2 fully saturated rings.